The summed E-state index contributed by atoms with van der Waals surface area (Å²) in [5.41, 5.74) is -0.324. The average Bonchev–Trinajstić information content (AvgIpc) is 2.86. The summed E-state index contributed by atoms with van der Waals surface area (Å²) in [5, 5.41) is 0. The lowest BCUT2D eigenvalue weighted by Crippen LogP contribution is -2.50. The van der Waals surface area contributed by atoms with Crippen LogP contribution in [0.1, 0.15) is 32.6 Å². The van der Waals surface area contributed by atoms with Crippen LogP contribution < -0.4 is 0 Å². The zero-order valence-corrected chi connectivity index (χ0v) is 18.3. The number of methoxy groups -OCH3 is 1. The fourth-order valence-electron chi connectivity index (χ4n) is 3.99. The van der Waals surface area contributed by atoms with Crippen molar-refractivity contribution in [1.82, 2.24) is 0 Å². The van der Waals surface area contributed by atoms with Gasteiger partial charge in [0.1, 0.15) is 13.6 Å². The molecule has 0 radical (unpaired) electrons. The second kappa shape index (κ2) is 9.80. The number of rotatable bonds is 12. The molecule has 0 aromatic carbocycles. The van der Waals surface area contributed by atoms with E-state index < -0.39 is 8.07 Å². The fraction of sp³-hybridized carbons (Fsp3) is 0.900. The Morgan fingerprint density at radius 1 is 1.04 bits per heavy atom. The Hall–Kier alpha value is -0.243. The van der Waals surface area contributed by atoms with Crippen LogP contribution in [0.3, 0.4) is 0 Å². The molecule has 5 nitrogen and oxygen atoms in total. The molecule has 0 aliphatic heterocycles. The van der Waals surface area contributed by atoms with E-state index in [1.54, 1.807) is 7.11 Å². The zero-order valence-electron chi connectivity index (χ0n) is 17.3. The third-order valence-corrected chi connectivity index (χ3v) is 7.56. The summed E-state index contributed by atoms with van der Waals surface area (Å²) in [7, 11) is 0.624. The van der Waals surface area contributed by atoms with Crippen molar-refractivity contribution in [3.05, 3.63) is 12.2 Å². The largest absolute Gasteiger partial charge is 0.382 e. The van der Waals surface area contributed by atoms with Crippen LogP contribution in [-0.2, 0) is 23.7 Å². The summed E-state index contributed by atoms with van der Waals surface area (Å²) < 4.78 is 28.8. The second-order valence-electron chi connectivity index (χ2n) is 8.94. The molecule has 0 saturated heterocycles. The highest BCUT2D eigenvalue weighted by atomic mass is 28.3. The van der Waals surface area contributed by atoms with Gasteiger partial charge >= 0.3 is 0 Å². The highest BCUT2D eigenvalue weighted by Crippen LogP contribution is 2.55. The first kappa shape index (κ1) is 22.1. The van der Waals surface area contributed by atoms with Crippen LogP contribution in [0.4, 0.5) is 0 Å². The maximum absolute atomic E-state index is 6.27. The molecule has 0 unspecified atom stereocenters. The van der Waals surface area contributed by atoms with Crippen molar-refractivity contribution in [3.8, 4) is 0 Å². The number of hydrogen-bond donors (Lipinski definition) is 0. The molecule has 6 heteroatoms. The van der Waals surface area contributed by atoms with Crippen molar-refractivity contribution >= 4 is 8.07 Å². The minimum Gasteiger partial charge on any atom is -0.382 e. The highest BCUT2D eigenvalue weighted by Gasteiger charge is 2.58. The van der Waals surface area contributed by atoms with E-state index in [1.807, 2.05) is 0 Å². The van der Waals surface area contributed by atoms with E-state index in [2.05, 4.69) is 38.7 Å². The molecule has 26 heavy (non-hydrogen) atoms. The van der Waals surface area contributed by atoms with Gasteiger partial charge in [-0.3, -0.25) is 0 Å². The Labute approximate surface area is 160 Å². The van der Waals surface area contributed by atoms with Gasteiger partial charge in [-0.2, -0.15) is 0 Å². The van der Waals surface area contributed by atoms with E-state index >= 15 is 0 Å². The molecule has 2 aliphatic rings. The number of allylic oxidation sites excluding steroid dienone is 1. The molecule has 0 N–H and O–H groups in total. The van der Waals surface area contributed by atoms with Crippen LogP contribution in [0.2, 0.25) is 25.7 Å². The molecule has 0 amide bonds. The molecule has 3 atom stereocenters. The van der Waals surface area contributed by atoms with Gasteiger partial charge in [0.05, 0.1) is 24.9 Å². The average molecular weight is 387 g/mol. The van der Waals surface area contributed by atoms with Gasteiger partial charge in [0.2, 0.25) is 0 Å². The Kier molecular flexibility index (Phi) is 8.31. The van der Waals surface area contributed by atoms with Crippen LogP contribution in [0, 0.1) is 5.41 Å². The van der Waals surface area contributed by atoms with Crippen molar-refractivity contribution < 1.29 is 23.7 Å². The summed E-state index contributed by atoms with van der Waals surface area (Å²) in [6.07, 6.45) is 8.75. The first-order chi connectivity index (χ1) is 12.3. The molecule has 2 rings (SSSR count). The van der Waals surface area contributed by atoms with E-state index in [4.69, 9.17) is 23.7 Å². The lowest BCUT2D eigenvalue weighted by atomic mass is 9.68. The SMILES string of the molecule is COCCOCO[C@@]12C=CCC[C@]1(C)[C@@H](OCOCC[Si](C)(C)C)CC2. The van der Waals surface area contributed by atoms with E-state index in [1.165, 1.54) is 6.04 Å². The Bertz CT molecular complexity index is 450. The number of fused-ring (bicyclic) bond motifs is 1. The molecule has 0 aromatic rings. The van der Waals surface area contributed by atoms with Crippen LogP contribution in [0.5, 0.6) is 0 Å². The van der Waals surface area contributed by atoms with Crippen molar-refractivity contribution in [1.29, 1.82) is 0 Å². The molecule has 0 spiro atoms. The van der Waals surface area contributed by atoms with Gasteiger partial charge in [0.15, 0.2) is 0 Å². The van der Waals surface area contributed by atoms with E-state index in [0.29, 0.717) is 26.8 Å². The van der Waals surface area contributed by atoms with Gasteiger partial charge in [-0.15, -0.1) is 0 Å². The standard InChI is InChI=1S/C20H38O5Si/c1-19-9-6-7-10-20(19,25-17-22-13-12-21-2)11-8-18(19)24-16-23-14-15-26(3,4)5/h7,10,18H,6,8-9,11-17H2,1-5H3/t18-,19+,20+/m0/s1. The smallest absolute Gasteiger partial charge is 0.148 e. The van der Waals surface area contributed by atoms with Crippen molar-refractivity contribution in [2.75, 3.05) is 40.5 Å². The van der Waals surface area contributed by atoms with Crippen LogP contribution in [0.25, 0.3) is 0 Å². The second-order valence-corrected chi connectivity index (χ2v) is 14.6. The monoisotopic (exact) mass is 386 g/mol. The number of hydrogen-bond acceptors (Lipinski definition) is 5. The maximum atomic E-state index is 6.27. The predicted octanol–water partition coefficient (Wildman–Crippen LogP) is 4.21. The molecule has 2 aliphatic carbocycles. The third kappa shape index (κ3) is 5.63. The van der Waals surface area contributed by atoms with Gasteiger partial charge in [-0.05, 0) is 31.7 Å². The molecule has 0 heterocycles. The highest BCUT2D eigenvalue weighted by molar-refractivity contribution is 6.76. The summed E-state index contributed by atoms with van der Waals surface area (Å²) in [5.74, 6) is 0. The van der Waals surface area contributed by atoms with Gasteiger partial charge in [0.25, 0.3) is 0 Å². The minimum atomic E-state index is -1.05. The molecule has 0 aromatic heterocycles. The van der Waals surface area contributed by atoms with Crippen molar-refractivity contribution in [3.63, 3.8) is 0 Å². The molecular weight excluding hydrogens is 348 g/mol. The normalized spacial score (nSPS) is 31.3. The lowest BCUT2D eigenvalue weighted by Gasteiger charge is -2.46. The Morgan fingerprint density at radius 2 is 1.81 bits per heavy atom. The maximum Gasteiger partial charge on any atom is 0.148 e. The summed E-state index contributed by atoms with van der Waals surface area (Å²) in [4.78, 5) is 0. The van der Waals surface area contributed by atoms with Crippen LogP contribution in [-0.4, -0.2) is 60.3 Å². The zero-order chi connectivity index (χ0) is 19.1. The van der Waals surface area contributed by atoms with Crippen LogP contribution in [0.15, 0.2) is 12.2 Å². The van der Waals surface area contributed by atoms with E-state index in [-0.39, 0.29) is 17.1 Å². The lowest BCUT2D eigenvalue weighted by molar-refractivity contribution is -0.193. The fourth-order valence-corrected chi connectivity index (χ4v) is 4.75. The Balaban J connectivity index is 1.84. The Morgan fingerprint density at radius 3 is 2.54 bits per heavy atom. The predicted molar refractivity (Wildman–Crippen MR) is 106 cm³/mol. The van der Waals surface area contributed by atoms with Gasteiger partial charge in [-0.1, -0.05) is 38.7 Å². The first-order valence-electron chi connectivity index (χ1n) is 9.91. The van der Waals surface area contributed by atoms with Gasteiger partial charge < -0.3 is 23.7 Å². The van der Waals surface area contributed by atoms with Gasteiger partial charge in [-0.25, -0.2) is 0 Å². The molecule has 1 saturated carbocycles. The first-order valence-corrected chi connectivity index (χ1v) is 13.6. The summed E-state index contributed by atoms with van der Waals surface area (Å²) in [6, 6.07) is 1.17. The van der Waals surface area contributed by atoms with Crippen molar-refractivity contribution in [2.45, 2.75) is 70.0 Å². The van der Waals surface area contributed by atoms with E-state index in [9.17, 15) is 0 Å². The number of ether oxygens (including phenoxy) is 5. The summed E-state index contributed by atoms with van der Waals surface area (Å²) in [6.45, 7) is 12.0. The molecular formula is C20H38O5Si. The minimum absolute atomic E-state index is 0.0332. The third-order valence-electron chi connectivity index (χ3n) is 5.85. The van der Waals surface area contributed by atoms with E-state index in [0.717, 1.165) is 32.3 Å². The quantitative estimate of drug-likeness (QED) is 0.218. The molecule has 1 fully saturated rings. The van der Waals surface area contributed by atoms with Crippen molar-refractivity contribution in [2.24, 2.45) is 5.41 Å². The molecule has 0 bridgehead atoms. The van der Waals surface area contributed by atoms with Crippen LogP contribution >= 0.6 is 0 Å². The summed E-state index contributed by atoms with van der Waals surface area (Å²) >= 11 is 0. The molecule has 152 valence electrons. The van der Waals surface area contributed by atoms with Gasteiger partial charge in [0, 0.05) is 27.2 Å². The topological polar surface area (TPSA) is 46.2 Å².